The molecule has 0 aliphatic carbocycles. The molecule has 0 radical (unpaired) electrons. The highest BCUT2D eigenvalue weighted by Crippen LogP contribution is 2.22. The van der Waals surface area contributed by atoms with Crippen molar-refractivity contribution in [1.29, 1.82) is 0 Å². The van der Waals surface area contributed by atoms with Crippen molar-refractivity contribution < 1.29 is 14.4 Å². The molecule has 2 N–H and O–H groups in total. The summed E-state index contributed by atoms with van der Waals surface area (Å²) in [7, 11) is 0. The molecule has 1 atom stereocenters. The van der Waals surface area contributed by atoms with E-state index in [9.17, 15) is 14.4 Å². The molecule has 0 aromatic heterocycles. The highest BCUT2D eigenvalue weighted by Gasteiger charge is 2.32. The van der Waals surface area contributed by atoms with Crippen LogP contribution in [-0.4, -0.2) is 35.6 Å². The number of Topliss-reactive ketones (excluding diaryl/α,β-unsaturated/α-hetero) is 2. The summed E-state index contributed by atoms with van der Waals surface area (Å²) in [5.74, 6) is -0.180. The Morgan fingerprint density at radius 2 is 1.33 bits per heavy atom. The van der Waals surface area contributed by atoms with E-state index in [0.29, 0.717) is 6.42 Å². The minimum atomic E-state index is -0.634. The zero-order valence-corrected chi connectivity index (χ0v) is 16.9. The maximum atomic E-state index is 12.6. The van der Waals surface area contributed by atoms with E-state index in [2.05, 4.69) is 10.6 Å². The summed E-state index contributed by atoms with van der Waals surface area (Å²) in [5, 5.41) is 5.90. The summed E-state index contributed by atoms with van der Waals surface area (Å²) in [6.07, 6.45) is 0.621. The Morgan fingerprint density at radius 1 is 0.833 bits per heavy atom. The molecule has 24 heavy (non-hydrogen) atoms. The summed E-state index contributed by atoms with van der Waals surface area (Å²) in [4.78, 5) is 36.9. The summed E-state index contributed by atoms with van der Waals surface area (Å²) in [5.41, 5.74) is -1.18. The molecule has 0 aliphatic rings. The zero-order valence-electron chi connectivity index (χ0n) is 16.9. The van der Waals surface area contributed by atoms with E-state index in [0.717, 1.165) is 0 Å². The van der Waals surface area contributed by atoms with Crippen LogP contribution in [0.15, 0.2) is 0 Å². The van der Waals surface area contributed by atoms with Gasteiger partial charge in [-0.25, -0.2) is 0 Å². The lowest BCUT2D eigenvalue weighted by atomic mass is 9.82. The molecule has 5 heteroatoms. The standard InChI is InChI=1S/C19H36N2O3/c1-17(2,3)14(22)11-10-13(16(24)18(4,5)6)21-15(23)12-20-19(7,8)9/h13,20H,10-12H2,1-9H3,(H,21,23). The second-order valence-electron chi connectivity index (χ2n) is 9.55. The molecule has 0 aromatic rings. The van der Waals surface area contributed by atoms with Crippen molar-refractivity contribution >= 4 is 17.5 Å². The molecule has 0 heterocycles. The first-order valence-corrected chi connectivity index (χ1v) is 8.66. The van der Waals surface area contributed by atoms with Gasteiger partial charge in [0.15, 0.2) is 5.78 Å². The van der Waals surface area contributed by atoms with Gasteiger partial charge in [0, 0.05) is 22.8 Å². The van der Waals surface area contributed by atoms with E-state index in [4.69, 9.17) is 0 Å². The molecule has 0 aromatic carbocycles. The molecular formula is C19H36N2O3. The summed E-state index contributed by atoms with van der Waals surface area (Å²) >= 11 is 0. The number of ketones is 2. The van der Waals surface area contributed by atoms with Crippen LogP contribution in [-0.2, 0) is 14.4 Å². The lowest BCUT2D eigenvalue weighted by Gasteiger charge is -2.27. The number of amides is 1. The quantitative estimate of drug-likeness (QED) is 0.747. The highest BCUT2D eigenvalue weighted by atomic mass is 16.2. The number of rotatable bonds is 7. The van der Waals surface area contributed by atoms with Crippen LogP contribution in [0.4, 0.5) is 0 Å². The minimum Gasteiger partial charge on any atom is -0.345 e. The molecule has 1 amide bonds. The van der Waals surface area contributed by atoms with Crippen molar-refractivity contribution in [3.63, 3.8) is 0 Å². The van der Waals surface area contributed by atoms with Gasteiger partial charge in [-0.15, -0.1) is 0 Å². The Kier molecular flexibility index (Phi) is 7.81. The number of nitrogens with one attached hydrogen (secondary N) is 2. The normalized spacial score (nSPS) is 14.2. The fourth-order valence-electron chi connectivity index (χ4n) is 2.03. The van der Waals surface area contributed by atoms with Gasteiger partial charge in [-0.3, -0.25) is 14.4 Å². The van der Waals surface area contributed by atoms with Gasteiger partial charge in [-0.1, -0.05) is 41.5 Å². The molecular weight excluding hydrogens is 304 g/mol. The molecule has 140 valence electrons. The molecule has 5 nitrogen and oxygen atoms in total. The van der Waals surface area contributed by atoms with E-state index in [1.807, 2.05) is 62.3 Å². The lowest BCUT2D eigenvalue weighted by molar-refractivity contribution is -0.133. The SMILES string of the molecule is CC(C)(C)NCC(=O)NC(CCC(=O)C(C)(C)C)C(=O)C(C)(C)C. The number of hydrogen-bond donors (Lipinski definition) is 2. The summed E-state index contributed by atoms with van der Waals surface area (Å²) in [6, 6.07) is -0.634. The van der Waals surface area contributed by atoms with Crippen LogP contribution >= 0.6 is 0 Å². The molecule has 0 aliphatic heterocycles. The van der Waals surface area contributed by atoms with Gasteiger partial charge in [-0.05, 0) is 27.2 Å². The van der Waals surface area contributed by atoms with Crippen LogP contribution in [0.5, 0.6) is 0 Å². The van der Waals surface area contributed by atoms with E-state index >= 15 is 0 Å². The number of carbonyl (C=O) groups is 3. The van der Waals surface area contributed by atoms with E-state index < -0.39 is 16.9 Å². The van der Waals surface area contributed by atoms with Crippen LogP contribution in [0, 0.1) is 10.8 Å². The van der Waals surface area contributed by atoms with Crippen LogP contribution in [0.2, 0.25) is 0 Å². The lowest BCUT2D eigenvalue weighted by Crippen LogP contribution is -2.50. The maximum Gasteiger partial charge on any atom is 0.234 e. The fourth-order valence-corrected chi connectivity index (χ4v) is 2.03. The van der Waals surface area contributed by atoms with Gasteiger partial charge in [0.1, 0.15) is 5.78 Å². The minimum absolute atomic E-state index is 0.0479. The average Bonchev–Trinajstić information content (AvgIpc) is 2.36. The molecule has 0 saturated heterocycles. The second-order valence-corrected chi connectivity index (χ2v) is 9.55. The Hall–Kier alpha value is -1.23. The van der Waals surface area contributed by atoms with Gasteiger partial charge < -0.3 is 10.6 Å². The molecule has 0 fully saturated rings. The van der Waals surface area contributed by atoms with E-state index in [1.54, 1.807) is 0 Å². The molecule has 0 saturated carbocycles. The maximum absolute atomic E-state index is 12.6. The number of carbonyl (C=O) groups excluding carboxylic acids is 3. The Labute approximate surface area is 147 Å². The van der Waals surface area contributed by atoms with Crippen LogP contribution in [0.1, 0.15) is 75.2 Å². The van der Waals surface area contributed by atoms with E-state index in [-0.39, 0.29) is 36.0 Å². The van der Waals surface area contributed by atoms with Crippen LogP contribution in [0.3, 0.4) is 0 Å². The first-order valence-electron chi connectivity index (χ1n) is 8.66. The van der Waals surface area contributed by atoms with Gasteiger partial charge >= 0.3 is 0 Å². The third-order valence-corrected chi connectivity index (χ3v) is 3.67. The second kappa shape index (κ2) is 8.24. The van der Waals surface area contributed by atoms with Gasteiger partial charge in [0.2, 0.25) is 5.91 Å². The molecule has 1 unspecified atom stereocenters. The van der Waals surface area contributed by atoms with Gasteiger partial charge in [0.25, 0.3) is 0 Å². The zero-order chi connectivity index (χ0) is 19.3. The average molecular weight is 341 g/mol. The van der Waals surface area contributed by atoms with Crippen molar-refractivity contribution in [2.24, 2.45) is 10.8 Å². The largest absolute Gasteiger partial charge is 0.345 e. The van der Waals surface area contributed by atoms with E-state index in [1.165, 1.54) is 0 Å². The molecule has 0 rings (SSSR count). The summed E-state index contributed by atoms with van der Waals surface area (Å²) < 4.78 is 0. The fraction of sp³-hybridized carbons (Fsp3) is 0.842. The Morgan fingerprint density at radius 3 is 1.71 bits per heavy atom. The predicted molar refractivity (Wildman–Crippen MR) is 97.8 cm³/mol. The first kappa shape index (κ1) is 22.8. The molecule has 0 bridgehead atoms. The third-order valence-electron chi connectivity index (χ3n) is 3.67. The topological polar surface area (TPSA) is 75.3 Å². The van der Waals surface area contributed by atoms with Crippen molar-refractivity contribution in [2.75, 3.05) is 6.54 Å². The van der Waals surface area contributed by atoms with Crippen LogP contribution in [0.25, 0.3) is 0 Å². The monoisotopic (exact) mass is 340 g/mol. The van der Waals surface area contributed by atoms with Crippen molar-refractivity contribution in [2.45, 2.75) is 86.7 Å². The predicted octanol–water partition coefficient (Wildman–Crippen LogP) is 2.87. The van der Waals surface area contributed by atoms with Gasteiger partial charge in [0.05, 0.1) is 12.6 Å². The summed E-state index contributed by atoms with van der Waals surface area (Å²) in [6.45, 7) is 17.1. The smallest absolute Gasteiger partial charge is 0.234 e. The van der Waals surface area contributed by atoms with Crippen LogP contribution < -0.4 is 10.6 Å². The van der Waals surface area contributed by atoms with Crippen molar-refractivity contribution in [1.82, 2.24) is 10.6 Å². The van der Waals surface area contributed by atoms with Crippen molar-refractivity contribution in [3.05, 3.63) is 0 Å². The first-order chi connectivity index (χ1) is 10.5. The Bertz CT molecular complexity index is 462. The number of hydrogen-bond acceptors (Lipinski definition) is 4. The third kappa shape index (κ3) is 9.16. The molecule has 0 spiro atoms. The Balaban J connectivity index is 4.93. The highest BCUT2D eigenvalue weighted by molar-refractivity contribution is 5.93. The van der Waals surface area contributed by atoms with Crippen molar-refractivity contribution in [3.8, 4) is 0 Å². The van der Waals surface area contributed by atoms with Gasteiger partial charge in [-0.2, -0.15) is 0 Å².